The van der Waals surface area contributed by atoms with Crippen molar-refractivity contribution >= 4 is 29.1 Å². The molecule has 7 rings (SSSR count). The summed E-state index contributed by atoms with van der Waals surface area (Å²) < 4.78 is 20.8. The van der Waals surface area contributed by atoms with E-state index in [4.69, 9.17) is 24.2 Å². The van der Waals surface area contributed by atoms with Crippen molar-refractivity contribution in [1.29, 1.82) is 0 Å². The Bertz CT molecular complexity index is 2260. The normalized spacial score (nSPS) is 23.6. The Hall–Kier alpha value is -5.94. The number of ether oxygens (including phenoxy) is 3. The lowest BCUT2D eigenvalue weighted by Crippen LogP contribution is -2.70. The number of nitro benzene ring substituents is 2. The van der Waals surface area contributed by atoms with Gasteiger partial charge in [-0.15, -0.1) is 6.58 Å². The number of hydrogen-bond donors (Lipinski definition) is 2. The molecule has 4 aliphatic rings. The number of carbonyl (C=O) groups is 1. The first kappa shape index (κ1) is 48.0. The summed E-state index contributed by atoms with van der Waals surface area (Å²) in [6.45, 7) is 10.1. The number of amides is 1. The van der Waals surface area contributed by atoms with Gasteiger partial charge in [0.1, 0.15) is 30.8 Å². The number of benzene rings is 3. The van der Waals surface area contributed by atoms with Gasteiger partial charge in [-0.3, -0.25) is 29.9 Å². The van der Waals surface area contributed by atoms with Crippen molar-refractivity contribution in [1.82, 2.24) is 9.80 Å². The third-order valence-electron chi connectivity index (χ3n) is 13.1. The standard InChI is InChI=1S/C50H61N5O11/c1-3-23-53(47(58)22-15-35-11-16-38(17-12-35)54(59)60)46-33-44(51-65-34-36-13-18-39(19-14-36)55(61)62)42-31-37(9-5-7-27-56)41(10-6-8-28-57)48-43-32-40(63-30-26-52-24-25-52)20-21-45(43)66-50(46,49(42)48)64-29-4-2/h4,11-22,31-32,37,41,46,48-49,56-57H,2-3,5-10,23-30,33-34H2,1H3. The van der Waals surface area contributed by atoms with Crippen molar-refractivity contribution in [3.8, 4) is 11.5 Å². The number of fused-ring (bicyclic) bond motifs is 2. The van der Waals surface area contributed by atoms with E-state index in [1.165, 1.54) is 30.3 Å². The largest absolute Gasteiger partial charge is 0.492 e. The van der Waals surface area contributed by atoms with Crippen molar-refractivity contribution in [3.05, 3.63) is 134 Å². The van der Waals surface area contributed by atoms with Crippen LogP contribution in [0.5, 0.6) is 11.5 Å². The van der Waals surface area contributed by atoms with Gasteiger partial charge in [0, 0.05) is 87.6 Å². The molecule has 16 heteroatoms. The van der Waals surface area contributed by atoms with Crippen molar-refractivity contribution in [2.75, 3.05) is 52.6 Å². The third kappa shape index (κ3) is 11.2. The minimum atomic E-state index is -1.46. The summed E-state index contributed by atoms with van der Waals surface area (Å²) in [5.74, 6) is -1.19. The molecule has 0 radical (unpaired) electrons. The summed E-state index contributed by atoms with van der Waals surface area (Å²) in [5, 5.41) is 47.5. The van der Waals surface area contributed by atoms with Crippen molar-refractivity contribution in [3.63, 3.8) is 0 Å². The Balaban J connectivity index is 1.38. The number of nitrogens with zero attached hydrogens (tertiary/aromatic N) is 5. The van der Waals surface area contributed by atoms with Gasteiger partial charge in [0.2, 0.25) is 11.7 Å². The van der Waals surface area contributed by atoms with Gasteiger partial charge in [-0.1, -0.05) is 37.1 Å². The van der Waals surface area contributed by atoms with Gasteiger partial charge in [-0.05, 0) is 109 Å². The molecule has 16 nitrogen and oxygen atoms in total. The van der Waals surface area contributed by atoms with Crippen LogP contribution in [0.2, 0.25) is 0 Å². The Kier molecular flexibility index (Phi) is 16.4. The summed E-state index contributed by atoms with van der Waals surface area (Å²) in [6, 6.07) is 17.3. The first-order valence-corrected chi connectivity index (χ1v) is 23.1. The second-order valence-corrected chi connectivity index (χ2v) is 17.4. The molecule has 0 bridgehead atoms. The second kappa shape index (κ2) is 22.5. The van der Waals surface area contributed by atoms with Crippen LogP contribution in [0.25, 0.3) is 6.08 Å². The SMILES string of the molecule is C=CCOC12Oc3ccc(OCCN4CC4)cc3C3C(CCCCO)C(CCCCO)C=C(C(=NOCc4ccc([N+](=O)[O-])cc4)CC1N(CCC)C(=O)C=Cc1ccc([N+](=O)[O-])cc1)C32. The summed E-state index contributed by atoms with van der Waals surface area (Å²) in [4.78, 5) is 46.8. The molecule has 2 N–H and O–H groups in total. The van der Waals surface area contributed by atoms with E-state index >= 15 is 0 Å². The van der Waals surface area contributed by atoms with Crippen molar-refractivity contribution in [2.45, 2.75) is 82.6 Å². The maximum Gasteiger partial charge on any atom is 0.269 e. The Morgan fingerprint density at radius 3 is 2.33 bits per heavy atom. The summed E-state index contributed by atoms with van der Waals surface area (Å²) in [5.41, 5.74) is 3.64. The second-order valence-electron chi connectivity index (χ2n) is 17.4. The quantitative estimate of drug-likeness (QED) is 0.0208. The molecule has 2 fully saturated rings. The highest BCUT2D eigenvalue weighted by Gasteiger charge is 2.65. The fourth-order valence-corrected chi connectivity index (χ4v) is 9.85. The lowest BCUT2D eigenvalue weighted by Gasteiger charge is -2.60. The van der Waals surface area contributed by atoms with Gasteiger partial charge in [0.05, 0.1) is 28.1 Å². The highest BCUT2D eigenvalue weighted by atomic mass is 16.7. The van der Waals surface area contributed by atoms with Crippen LogP contribution in [-0.2, 0) is 21.0 Å². The Morgan fingerprint density at radius 1 is 0.985 bits per heavy atom. The molecule has 6 unspecified atom stereocenters. The van der Waals surface area contributed by atoms with Crippen LogP contribution in [0.3, 0.4) is 0 Å². The minimum absolute atomic E-state index is 0.0181. The predicted octanol–water partition coefficient (Wildman–Crippen LogP) is 7.98. The number of nitro groups is 2. The lowest BCUT2D eigenvalue weighted by atomic mass is 9.55. The van der Waals surface area contributed by atoms with Crippen LogP contribution < -0.4 is 9.47 Å². The first-order valence-electron chi connectivity index (χ1n) is 23.1. The average Bonchev–Trinajstić information content (AvgIpc) is 4.15. The molecule has 3 aromatic rings. The molecule has 2 heterocycles. The number of hydrogen-bond acceptors (Lipinski definition) is 13. The highest BCUT2D eigenvalue weighted by Crippen LogP contribution is 2.62. The number of unbranched alkanes of at least 4 members (excludes halogenated alkanes) is 2. The fourth-order valence-electron chi connectivity index (χ4n) is 9.85. The zero-order valence-corrected chi connectivity index (χ0v) is 37.6. The molecule has 66 heavy (non-hydrogen) atoms. The fraction of sp³-hybridized carbons (Fsp3) is 0.480. The third-order valence-corrected chi connectivity index (χ3v) is 13.1. The number of aliphatic hydroxyl groups is 2. The highest BCUT2D eigenvalue weighted by molar-refractivity contribution is 6.03. The number of rotatable bonds is 25. The van der Waals surface area contributed by atoms with E-state index in [1.807, 2.05) is 19.1 Å². The first-order chi connectivity index (χ1) is 32.1. The molecule has 352 valence electrons. The molecule has 2 aliphatic heterocycles. The van der Waals surface area contributed by atoms with Crippen LogP contribution in [-0.4, -0.2) is 106 Å². The molecule has 2 aliphatic carbocycles. The topological polar surface area (TPSA) is 199 Å². The molecular weight excluding hydrogens is 847 g/mol. The van der Waals surface area contributed by atoms with Gasteiger partial charge < -0.3 is 34.2 Å². The minimum Gasteiger partial charge on any atom is -0.492 e. The summed E-state index contributed by atoms with van der Waals surface area (Å²) >= 11 is 0. The molecule has 1 amide bonds. The zero-order valence-electron chi connectivity index (χ0n) is 37.6. The lowest BCUT2D eigenvalue weighted by molar-refractivity contribution is -0.385. The van der Waals surface area contributed by atoms with Gasteiger partial charge in [0.15, 0.2) is 0 Å². The van der Waals surface area contributed by atoms with Crippen LogP contribution in [0.15, 0.2) is 102 Å². The predicted molar refractivity (Wildman–Crippen MR) is 249 cm³/mol. The van der Waals surface area contributed by atoms with Gasteiger partial charge in [-0.2, -0.15) is 0 Å². The maximum absolute atomic E-state index is 14.8. The van der Waals surface area contributed by atoms with Crippen LogP contribution in [0.4, 0.5) is 11.4 Å². The molecule has 0 aromatic heterocycles. The van der Waals surface area contributed by atoms with Gasteiger partial charge >= 0.3 is 0 Å². The van der Waals surface area contributed by atoms with E-state index in [-0.39, 0.29) is 67.9 Å². The average molecular weight is 908 g/mol. The summed E-state index contributed by atoms with van der Waals surface area (Å²) in [6.07, 6.45) is 12.2. The zero-order chi connectivity index (χ0) is 46.6. The van der Waals surface area contributed by atoms with Crippen LogP contribution >= 0.6 is 0 Å². The van der Waals surface area contributed by atoms with Crippen LogP contribution in [0.1, 0.15) is 80.9 Å². The van der Waals surface area contributed by atoms with Crippen LogP contribution in [0, 0.1) is 38.0 Å². The van der Waals surface area contributed by atoms with Crippen molar-refractivity contribution < 1.29 is 43.9 Å². The van der Waals surface area contributed by atoms with E-state index in [2.05, 4.69) is 23.6 Å². The summed E-state index contributed by atoms with van der Waals surface area (Å²) in [7, 11) is 0. The monoisotopic (exact) mass is 907 g/mol. The smallest absolute Gasteiger partial charge is 0.269 e. The van der Waals surface area contributed by atoms with E-state index in [1.54, 1.807) is 41.3 Å². The molecule has 0 spiro atoms. The number of carbonyl (C=O) groups excluding carboxylic acids is 1. The molecule has 3 aromatic carbocycles. The molecular formula is C50H61N5O11. The Morgan fingerprint density at radius 2 is 1.68 bits per heavy atom. The van der Waals surface area contributed by atoms with Crippen molar-refractivity contribution in [2.24, 2.45) is 22.9 Å². The van der Waals surface area contributed by atoms with E-state index in [9.17, 15) is 35.2 Å². The van der Waals surface area contributed by atoms with E-state index in [0.29, 0.717) is 60.8 Å². The number of aliphatic hydroxyl groups excluding tert-OH is 2. The molecule has 1 saturated carbocycles. The van der Waals surface area contributed by atoms with Gasteiger partial charge in [-0.25, -0.2) is 0 Å². The number of oxime groups is 1. The number of allylic oxidation sites excluding steroid dienone is 1. The van der Waals surface area contributed by atoms with E-state index in [0.717, 1.165) is 56.5 Å². The van der Waals surface area contributed by atoms with Gasteiger partial charge in [0.25, 0.3) is 11.4 Å². The molecule has 6 atom stereocenters. The van der Waals surface area contributed by atoms with E-state index < -0.39 is 27.6 Å². The molecule has 1 saturated heterocycles. The maximum atomic E-state index is 14.8. The number of non-ortho nitro benzene ring substituents is 2. The Labute approximate surface area is 385 Å².